The van der Waals surface area contributed by atoms with Crippen molar-refractivity contribution < 1.29 is 8.85 Å². The lowest BCUT2D eigenvalue weighted by Gasteiger charge is -2.32. The second kappa shape index (κ2) is 12.7. The molecular formula is C45H41N5O. The highest BCUT2D eigenvalue weighted by atomic mass is 16.5. The number of pyridine rings is 1. The fraction of sp³-hybridized carbons (Fsp3) is 0.178. The third-order valence-corrected chi connectivity index (χ3v) is 9.62. The molecule has 0 aliphatic carbocycles. The van der Waals surface area contributed by atoms with E-state index in [0.29, 0.717) is 29.5 Å². The molecule has 0 radical (unpaired) electrons. The number of nitrogens with zero attached hydrogens (tertiary/aromatic N) is 5. The molecule has 5 aromatic carbocycles. The van der Waals surface area contributed by atoms with Crippen molar-refractivity contribution in [2.45, 2.75) is 52.1 Å². The first-order chi connectivity index (χ1) is 25.9. The Bertz CT molecular complexity index is 2510. The number of para-hydroxylation sites is 1. The molecule has 6 nitrogen and oxygen atoms in total. The van der Waals surface area contributed by atoms with E-state index < -0.39 is 0 Å². The minimum Gasteiger partial charge on any atom is -0.457 e. The summed E-state index contributed by atoms with van der Waals surface area (Å²) >= 11 is 0. The van der Waals surface area contributed by atoms with Gasteiger partial charge in [0.2, 0.25) is 0 Å². The van der Waals surface area contributed by atoms with Crippen molar-refractivity contribution in [2.24, 2.45) is 0 Å². The van der Waals surface area contributed by atoms with Crippen LogP contribution in [-0.4, -0.2) is 19.7 Å². The van der Waals surface area contributed by atoms with Gasteiger partial charge in [-0.15, -0.1) is 5.10 Å². The molecule has 0 unspecified atom stereocenters. The third-order valence-electron chi connectivity index (χ3n) is 9.62. The Labute approximate surface area is 304 Å². The molecule has 0 saturated carbocycles. The molecule has 0 amide bonds. The van der Waals surface area contributed by atoms with Crippen molar-refractivity contribution in [1.82, 2.24) is 19.7 Å². The first-order valence-electron chi connectivity index (χ1n) is 18.7. The summed E-state index contributed by atoms with van der Waals surface area (Å²) < 4.78 is 35.1. The molecule has 2 aromatic heterocycles. The zero-order chi connectivity index (χ0) is 37.8. The summed E-state index contributed by atoms with van der Waals surface area (Å²) in [6.45, 7) is 11.2. The van der Waals surface area contributed by atoms with Crippen LogP contribution in [-0.2, 0) is 17.5 Å². The van der Waals surface area contributed by atoms with E-state index in [1.54, 1.807) is 12.3 Å². The van der Waals surface area contributed by atoms with Gasteiger partial charge in [-0.3, -0.25) is 4.98 Å². The number of fused-ring (bicyclic) bond motifs is 3. The van der Waals surface area contributed by atoms with Crippen molar-refractivity contribution in [3.63, 3.8) is 0 Å². The maximum absolute atomic E-state index is 8.89. The van der Waals surface area contributed by atoms with Crippen LogP contribution in [0.5, 0.6) is 11.5 Å². The van der Waals surface area contributed by atoms with E-state index in [-0.39, 0.29) is 34.7 Å². The van der Waals surface area contributed by atoms with Crippen LogP contribution in [0.2, 0.25) is 0 Å². The number of anilines is 2. The second-order valence-electron chi connectivity index (χ2n) is 14.5. The average molecular weight is 671 g/mol. The van der Waals surface area contributed by atoms with Crippen molar-refractivity contribution in [3.05, 3.63) is 162 Å². The molecule has 0 fully saturated rings. The first-order valence-corrected chi connectivity index (χ1v) is 17.2. The topological polar surface area (TPSA) is 56.1 Å². The Morgan fingerprint density at radius 1 is 0.686 bits per heavy atom. The van der Waals surface area contributed by atoms with E-state index >= 15 is 0 Å². The predicted octanol–water partition coefficient (Wildman–Crippen LogP) is 11.2. The number of hydrogen-bond donors (Lipinski definition) is 0. The molecule has 51 heavy (non-hydrogen) atoms. The molecule has 1 aliphatic rings. The van der Waals surface area contributed by atoms with E-state index in [2.05, 4.69) is 74.8 Å². The van der Waals surface area contributed by atoms with Crippen LogP contribution in [0.4, 0.5) is 11.4 Å². The van der Waals surface area contributed by atoms with Crippen LogP contribution < -0.4 is 9.64 Å². The van der Waals surface area contributed by atoms with Gasteiger partial charge in [0, 0.05) is 40.1 Å². The fourth-order valence-corrected chi connectivity index (χ4v) is 6.58. The Morgan fingerprint density at radius 3 is 2.22 bits per heavy atom. The number of rotatable bonds is 7. The lowest BCUT2D eigenvalue weighted by molar-refractivity contribution is 0.478. The minimum atomic E-state index is -0.327. The maximum Gasteiger partial charge on any atom is 0.181 e. The number of hydrogen-bond acceptors (Lipinski definition) is 5. The Morgan fingerprint density at radius 2 is 1.43 bits per heavy atom. The molecule has 0 bridgehead atoms. The van der Waals surface area contributed by atoms with E-state index in [9.17, 15) is 0 Å². The molecule has 0 spiro atoms. The Kier molecular flexibility index (Phi) is 7.17. The largest absolute Gasteiger partial charge is 0.457 e. The van der Waals surface area contributed by atoms with Gasteiger partial charge in [0.25, 0.3) is 0 Å². The summed E-state index contributed by atoms with van der Waals surface area (Å²) in [6, 6.07) is 39.8. The van der Waals surface area contributed by atoms with E-state index in [0.717, 1.165) is 45.0 Å². The van der Waals surface area contributed by atoms with Crippen LogP contribution >= 0.6 is 0 Å². The van der Waals surface area contributed by atoms with Crippen molar-refractivity contribution in [2.75, 3.05) is 4.90 Å². The maximum atomic E-state index is 8.89. The van der Waals surface area contributed by atoms with Crippen LogP contribution in [0.3, 0.4) is 0 Å². The Hall–Kier alpha value is -6.01. The van der Waals surface area contributed by atoms with Gasteiger partial charge in [-0.25, -0.2) is 9.67 Å². The number of benzene rings is 5. The zero-order valence-corrected chi connectivity index (χ0v) is 29.5. The lowest BCUT2D eigenvalue weighted by atomic mass is 9.78. The summed E-state index contributed by atoms with van der Waals surface area (Å²) in [7, 11) is 0. The van der Waals surface area contributed by atoms with Gasteiger partial charge in [0.1, 0.15) is 18.2 Å². The summed E-state index contributed by atoms with van der Waals surface area (Å²) in [5.41, 5.74) is 7.44. The zero-order valence-electron chi connectivity index (χ0n) is 32.5. The molecule has 0 N–H and O–H groups in total. The van der Waals surface area contributed by atoms with Crippen LogP contribution in [0.25, 0.3) is 34.0 Å². The van der Waals surface area contributed by atoms with E-state index in [1.807, 2.05) is 89.6 Å². The van der Waals surface area contributed by atoms with Gasteiger partial charge in [0.05, 0.1) is 15.5 Å². The smallest absolute Gasteiger partial charge is 0.181 e. The van der Waals surface area contributed by atoms with E-state index in [4.69, 9.17) is 18.9 Å². The minimum absolute atomic E-state index is 0.0675. The average Bonchev–Trinajstić information content (AvgIpc) is 3.63. The normalized spacial score (nSPS) is 13.5. The third kappa shape index (κ3) is 6.30. The standard InChI is InChI=1S/C45H41N5O/c1-44(2,3)35-26-36(49-30-50-43(39-21-12-13-22-41(39)49)47-42(48-50)31-15-8-6-9-16-31)29-38(27-35)51-37-20-14-17-32(25-37)40-28-34(23-24-46-40)45(4,5)33-18-10-7-11-19-33/h6-29H,30H2,1-5H3/i14D,17D,20D. The molecular weight excluding hydrogens is 627 g/mol. The number of aromatic nitrogens is 4. The van der Waals surface area contributed by atoms with Gasteiger partial charge in [-0.2, -0.15) is 0 Å². The number of ether oxygens (including phenoxy) is 1. The quantitative estimate of drug-likeness (QED) is 0.169. The molecule has 252 valence electrons. The summed E-state index contributed by atoms with van der Waals surface area (Å²) in [4.78, 5) is 11.8. The summed E-state index contributed by atoms with van der Waals surface area (Å²) in [5.74, 6) is 2.18. The summed E-state index contributed by atoms with van der Waals surface area (Å²) in [5, 5.41) is 4.93. The van der Waals surface area contributed by atoms with Crippen LogP contribution in [0.1, 0.15) is 55.4 Å². The predicted molar refractivity (Wildman–Crippen MR) is 206 cm³/mol. The Balaban J connectivity index is 1.19. The summed E-state index contributed by atoms with van der Waals surface area (Å²) in [6.07, 6.45) is 1.74. The molecule has 1 aliphatic heterocycles. The second-order valence-corrected chi connectivity index (χ2v) is 14.5. The lowest BCUT2D eigenvalue weighted by Crippen LogP contribution is -2.27. The van der Waals surface area contributed by atoms with Gasteiger partial charge in [-0.1, -0.05) is 119 Å². The first kappa shape index (κ1) is 28.8. The molecule has 7 aromatic rings. The van der Waals surface area contributed by atoms with Gasteiger partial charge in [0.15, 0.2) is 11.6 Å². The van der Waals surface area contributed by atoms with Crippen LogP contribution in [0.15, 0.2) is 146 Å². The highest BCUT2D eigenvalue weighted by Gasteiger charge is 2.28. The van der Waals surface area contributed by atoms with Crippen molar-refractivity contribution in [3.8, 4) is 45.5 Å². The fourth-order valence-electron chi connectivity index (χ4n) is 6.58. The highest BCUT2D eigenvalue weighted by molar-refractivity contribution is 5.82. The molecule has 8 rings (SSSR count). The molecule has 0 atom stereocenters. The van der Waals surface area contributed by atoms with Crippen molar-refractivity contribution >= 4 is 11.4 Å². The molecule has 6 heteroatoms. The monoisotopic (exact) mass is 670 g/mol. The van der Waals surface area contributed by atoms with Gasteiger partial charge >= 0.3 is 0 Å². The molecule has 3 heterocycles. The van der Waals surface area contributed by atoms with Gasteiger partial charge < -0.3 is 9.64 Å². The highest BCUT2D eigenvalue weighted by Crippen LogP contribution is 2.43. The molecule has 0 saturated heterocycles. The van der Waals surface area contributed by atoms with E-state index in [1.165, 1.54) is 0 Å². The SMILES string of the molecule is [2H]c1c(Oc2cc(N3Cn4nc(-c5ccccc5)nc4-c4ccccc43)cc(C(C)(C)C)c2)cc(-c2cc(C(C)(C)c3ccccc3)ccn2)c([2H])c1[2H]. The van der Waals surface area contributed by atoms with Crippen molar-refractivity contribution in [1.29, 1.82) is 0 Å². The van der Waals surface area contributed by atoms with Crippen LogP contribution in [0, 0.1) is 0 Å². The van der Waals surface area contributed by atoms with Gasteiger partial charge in [-0.05, 0) is 70.6 Å².